The smallest absolute Gasteiger partial charge is 0.111 e. The van der Waals surface area contributed by atoms with Crippen LogP contribution in [0, 0.1) is 11.8 Å². The van der Waals surface area contributed by atoms with E-state index in [9.17, 15) is 0 Å². The molecule has 0 aromatic rings. The topological polar surface area (TPSA) is 20.2 Å². The van der Waals surface area contributed by atoms with Gasteiger partial charge >= 0.3 is 0 Å². The van der Waals surface area contributed by atoms with Gasteiger partial charge in [-0.05, 0) is 24.0 Å². The summed E-state index contributed by atoms with van der Waals surface area (Å²) in [5, 5.41) is 8.97. The van der Waals surface area contributed by atoms with Crippen LogP contribution in [0.15, 0.2) is 24.0 Å². The van der Waals surface area contributed by atoms with Gasteiger partial charge in [0.1, 0.15) is 5.76 Å². The van der Waals surface area contributed by atoms with Gasteiger partial charge in [-0.3, -0.25) is 0 Å². The van der Waals surface area contributed by atoms with Gasteiger partial charge in [0.15, 0.2) is 0 Å². The summed E-state index contributed by atoms with van der Waals surface area (Å²) < 4.78 is 0. The minimum absolute atomic E-state index is 0.403. The van der Waals surface area contributed by atoms with E-state index >= 15 is 0 Å². The highest BCUT2D eigenvalue weighted by Gasteiger charge is 2.10. The minimum atomic E-state index is 0.403. The van der Waals surface area contributed by atoms with E-state index in [1.165, 1.54) is 0 Å². The summed E-state index contributed by atoms with van der Waals surface area (Å²) in [5.41, 5.74) is 0. The zero-order valence-corrected chi connectivity index (χ0v) is 5.83. The highest BCUT2D eigenvalue weighted by molar-refractivity contribution is 5.18. The first kappa shape index (κ1) is 6.40. The van der Waals surface area contributed by atoms with E-state index in [-0.39, 0.29) is 0 Å². The standard InChI is InChI=1S/C8H12O/c1-6-3-4-8(9)5-7(6)2/h3-7,9H,1-2H3. The Hall–Kier alpha value is -0.720. The van der Waals surface area contributed by atoms with Gasteiger partial charge < -0.3 is 5.11 Å². The molecule has 0 saturated heterocycles. The molecule has 1 nitrogen and oxygen atoms in total. The van der Waals surface area contributed by atoms with Crippen molar-refractivity contribution in [1.82, 2.24) is 0 Å². The minimum Gasteiger partial charge on any atom is -0.508 e. The molecule has 2 atom stereocenters. The molecule has 0 aromatic heterocycles. The quantitative estimate of drug-likeness (QED) is 0.525. The number of allylic oxidation sites excluding steroid dienone is 3. The highest BCUT2D eigenvalue weighted by Crippen LogP contribution is 2.20. The molecule has 0 spiro atoms. The molecule has 0 amide bonds. The Morgan fingerprint density at radius 2 is 2.00 bits per heavy atom. The summed E-state index contributed by atoms with van der Waals surface area (Å²) in [6.07, 6.45) is 5.66. The molecule has 1 N–H and O–H groups in total. The van der Waals surface area contributed by atoms with Crippen molar-refractivity contribution >= 4 is 0 Å². The lowest BCUT2D eigenvalue weighted by Crippen LogP contribution is -2.06. The summed E-state index contributed by atoms with van der Waals surface area (Å²) in [7, 11) is 0. The van der Waals surface area contributed by atoms with Crippen molar-refractivity contribution in [3.63, 3.8) is 0 Å². The molecule has 1 rings (SSSR count). The summed E-state index contributed by atoms with van der Waals surface area (Å²) >= 11 is 0. The third-order valence-corrected chi connectivity index (χ3v) is 1.83. The van der Waals surface area contributed by atoms with Crippen molar-refractivity contribution < 1.29 is 5.11 Å². The summed E-state index contributed by atoms with van der Waals surface area (Å²) in [5.74, 6) is 1.46. The lowest BCUT2D eigenvalue weighted by atomic mass is 9.91. The zero-order chi connectivity index (χ0) is 6.85. The van der Waals surface area contributed by atoms with Gasteiger partial charge in [0.25, 0.3) is 0 Å². The third-order valence-electron chi connectivity index (χ3n) is 1.83. The highest BCUT2D eigenvalue weighted by atomic mass is 16.3. The van der Waals surface area contributed by atoms with Crippen molar-refractivity contribution in [1.29, 1.82) is 0 Å². The second kappa shape index (κ2) is 2.26. The van der Waals surface area contributed by atoms with E-state index in [2.05, 4.69) is 13.8 Å². The number of rotatable bonds is 0. The molecule has 0 aromatic carbocycles. The van der Waals surface area contributed by atoms with E-state index in [1.807, 2.05) is 12.2 Å². The molecule has 0 heterocycles. The number of aliphatic hydroxyl groups is 1. The fourth-order valence-corrected chi connectivity index (χ4v) is 0.902. The first-order chi connectivity index (χ1) is 4.20. The Bertz CT molecular complexity index is 156. The van der Waals surface area contributed by atoms with Gasteiger partial charge in [-0.25, -0.2) is 0 Å². The lowest BCUT2D eigenvalue weighted by molar-refractivity contribution is 0.406. The monoisotopic (exact) mass is 124 g/mol. The predicted octanol–water partition coefficient (Wildman–Crippen LogP) is 2.27. The maximum atomic E-state index is 8.97. The van der Waals surface area contributed by atoms with Crippen LogP contribution in [0.4, 0.5) is 0 Å². The fourth-order valence-electron chi connectivity index (χ4n) is 0.902. The van der Waals surface area contributed by atoms with Gasteiger partial charge in [-0.2, -0.15) is 0 Å². The van der Waals surface area contributed by atoms with Crippen molar-refractivity contribution in [3.05, 3.63) is 24.0 Å². The van der Waals surface area contributed by atoms with Crippen LogP contribution in [-0.4, -0.2) is 5.11 Å². The van der Waals surface area contributed by atoms with Crippen LogP contribution in [-0.2, 0) is 0 Å². The van der Waals surface area contributed by atoms with Crippen LogP contribution in [0.1, 0.15) is 13.8 Å². The van der Waals surface area contributed by atoms with Crippen molar-refractivity contribution in [2.75, 3.05) is 0 Å². The fraction of sp³-hybridized carbons (Fsp3) is 0.500. The van der Waals surface area contributed by atoms with E-state index in [0.29, 0.717) is 17.6 Å². The number of hydrogen-bond donors (Lipinski definition) is 1. The molecule has 1 aliphatic rings. The summed E-state index contributed by atoms with van der Waals surface area (Å²) in [6, 6.07) is 0. The number of aliphatic hydroxyl groups excluding tert-OH is 1. The second-order valence-electron chi connectivity index (χ2n) is 2.67. The molecule has 0 saturated carbocycles. The maximum absolute atomic E-state index is 8.97. The third kappa shape index (κ3) is 1.35. The molecule has 9 heavy (non-hydrogen) atoms. The first-order valence-electron chi connectivity index (χ1n) is 3.29. The molecule has 1 heteroatoms. The molecule has 2 unspecified atom stereocenters. The van der Waals surface area contributed by atoms with E-state index < -0.39 is 0 Å². The van der Waals surface area contributed by atoms with Crippen LogP contribution in [0.5, 0.6) is 0 Å². The Kier molecular flexibility index (Phi) is 1.60. The van der Waals surface area contributed by atoms with Crippen LogP contribution in [0.2, 0.25) is 0 Å². The van der Waals surface area contributed by atoms with Crippen LogP contribution < -0.4 is 0 Å². The van der Waals surface area contributed by atoms with Crippen molar-refractivity contribution in [3.8, 4) is 0 Å². The van der Waals surface area contributed by atoms with Gasteiger partial charge in [0.2, 0.25) is 0 Å². The maximum Gasteiger partial charge on any atom is 0.111 e. The second-order valence-corrected chi connectivity index (χ2v) is 2.67. The Balaban J connectivity index is 2.70. The lowest BCUT2D eigenvalue weighted by Gasteiger charge is -2.15. The van der Waals surface area contributed by atoms with Gasteiger partial charge in [-0.1, -0.05) is 19.9 Å². The SMILES string of the molecule is CC1C=CC(O)=CC1C. The largest absolute Gasteiger partial charge is 0.508 e. The van der Waals surface area contributed by atoms with Crippen molar-refractivity contribution in [2.24, 2.45) is 11.8 Å². The molecule has 0 bridgehead atoms. The molecule has 0 fully saturated rings. The first-order valence-corrected chi connectivity index (χ1v) is 3.29. The zero-order valence-electron chi connectivity index (χ0n) is 5.83. The number of hydrogen-bond acceptors (Lipinski definition) is 1. The van der Waals surface area contributed by atoms with Gasteiger partial charge in [0.05, 0.1) is 0 Å². The molecule has 0 aliphatic heterocycles. The average molecular weight is 124 g/mol. The van der Waals surface area contributed by atoms with Gasteiger partial charge in [0, 0.05) is 0 Å². The van der Waals surface area contributed by atoms with Crippen LogP contribution in [0.3, 0.4) is 0 Å². The predicted molar refractivity (Wildman–Crippen MR) is 38.2 cm³/mol. The van der Waals surface area contributed by atoms with E-state index in [0.717, 1.165) is 0 Å². The molecule has 1 aliphatic carbocycles. The van der Waals surface area contributed by atoms with Crippen LogP contribution in [0.25, 0.3) is 0 Å². The molecule has 0 radical (unpaired) electrons. The van der Waals surface area contributed by atoms with Gasteiger partial charge in [-0.15, -0.1) is 0 Å². The van der Waals surface area contributed by atoms with E-state index in [4.69, 9.17) is 5.11 Å². The summed E-state index contributed by atoms with van der Waals surface area (Å²) in [4.78, 5) is 0. The van der Waals surface area contributed by atoms with Crippen LogP contribution >= 0.6 is 0 Å². The Labute approximate surface area is 55.7 Å². The Morgan fingerprint density at radius 1 is 1.33 bits per heavy atom. The molecular weight excluding hydrogens is 112 g/mol. The summed E-state index contributed by atoms with van der Waals surface area (Å²) in [6.45, 7) is 4.24. The Morgan fingerprint density at radius 3 is 2.44 bits per heavy atom. The molecular formula is C8H12O. The average Bonchev–Trinajstić information content (AvgIpc) is 1.80. The molecule has 50 valence electrons. The van der Waals surface area contributed by atoms with E-state index in [1.54, 1.807) is 6.08 Å². The van der Waals surface area contributed by atoms with Crippen molar-refractivity contribution in [2.45, 2.75) is 13.8 Å². The normalized spacial score (nSPS) is 34.2.